The molecule has 7 heteroatoms. The Morgan fingerprint density at radius 3 is 2.32 bits per heavy atom. The second kappa shape index (κ2) is 6.63. The molecule has 0 fully saturated rings. The normalized spacial score (nSPS) is 11.8. The molecule has 1 unspecified atom stereocenters. The number of carboxylic acid groups (broad SMARTS) is 1. The second-order valence-electron chi connectivity index (χ2n) is 3.75. The van der Waals surface area contributed by atoms with Gasteiger partial charge in [0.25, 0.3) is 0 Å². The van der Waals surface area contributed by atoms with Gasteiger partial charge in [-0.25, -0.2) is 0 Å². The molecule has 1 aromatic rings. The number of hydrogen-bond donors (Lipinski definition) is 2. The van der Waals surface area contributed by atoms with Gasteiger partial charge in [0.15, 0.2) is 11.5 Å². The minimum Gasteiger partial charge on any atom is -0.493 e. The summed E-state index contributed by atoms with van der Waals surface area (Å²) in [6.07, 6.45) is 0.111. The average molecular weight is 334 g/mol. The van der Waals surface area contributed by atoms with E-state index < -0.39 is 12.0 Å². The fourth-order valence-corrected chi connectivity index (χ4v) is 2.23. The topological polar surface area (TPSA) is 91.0 Å². The van der Waals surface area contributed by atoms with Crippen LogP contribution in [0.1, 0.15) is 5.56 Å². The number of rotatable bonds is 6. The van der Waals surface area contributed by atoms with Crippen LogP contribution in [0.15, 0.2) is 10.5 Å². The van der Waals surface area contributed by atoms with Crippen molar-refractivity contribution in [3.05, 3.63) is 16.1 Å². The van der Waals surface area contributed by atoms with Crippen molar-refractivity contribution < 1.29 is 24.1 Å². The first-order valence-corrected chi connectivity index (χ1v) is 6.21. The van der Waals surface area contributed by atoms with E-state index >= 15 is 0 Å². The lowest BCUT2D eigenvalue weighted by molar-refractivity contribution is -0.138. The summed E-state index contributed by atoms with van der Waals surface area (Å²) in [5, 5.41) is 8.89. The van der Waals surface area contributed by atoms with E-state index in [4.69, 9.17) is 25.1 Å². The lowest BCUT2D eigenvalue weighted by Crippen LogP contribution is -2.32. The third kappa shape index (κ3) is 3.30. The minimum absolute atomic E-state index is 0.111. The number of carbonyl (C=O) groups is 1. The molecule has 19 heavy (non-hydrogen) atoms. The van der Waals surface area contributed by atoms with Crippen LogP contribution in [0.3, 0.4) is 0 Å². The molecule has 3 N–H and O–H groups in total. The third-order valence-electron chi connectivity index (χ3n) is 2.62. The van der Waals surface area contributed by atoms with Crippen molar-refractivity contribution in [2.24, 2.45) is 5.73 Å². The van der Waals surface area contributed by atoms with Gasteiger partial charge in [0.1, 0.15) is 6.04 Å². The first-order valence-electron chi connectivity index (χ1n) is 5.41. The predicted octanol–water partition coefficient (Wildman–Crippen LogP) is 1.43. The highest BCUT2D eigenvalue weighted by Crippen LogP contribution is 2.44. The van der Waals surface area contributed by atoms with Gasteiger partial charge in [-0.1, -0.05) is 15.9 Å². The maximum absolute atomic E-state index is 10.9. The number of methoxy groups -OCH3 is 3. The number of carboxylic acids is 1. The Bertz CT molecular complexity index is 478. The van der Waals surface area contributed by atoms with Gasteiger partial charge in [0.2, 0.25) is 5.75 Å². The molecule has 0 radical (unpaired) electrons. The smallest absolute Gasteiger partial charge is 0.320 e. The second-order valence-corrected chi connectivity index (χ2v) is 4.61. The standard InChI is InChI=1S/C12H16BrNO5/c1-17-9-5-7(13)6(4-8(14)12(15)16)10(18-2)11(9)19-3/h5,8H,4,14H2,1-3H3,(H,15,16). The highest BCUT2D eigenvalue weighted by Gasteiger charge is 2.23. The molecule has 0 spiro atoms. The van der Waals surface area contributed by atoms with Crippen molar-refractivity contribution in [3.63, 3.8) is 0 Å². The largest absolute Gasteiger partial charge is 0.493 e. The van der Waals surface area contributed by atoms with E-state index in [1.807, 2.05) is 0 Å². The lowest BCUT2D eigenvalue weighted by atomic mass is 10.0. The number of hydrogen-bond acceptors (Lipinski definition) is 5. The van der Waals surface area contributed by atoms with Crippen molar-refractivity contribution in [2.45, 2.75) is 12.5 Å². The van der Waals surface area contributed by atoms with Crippen LogP contribution in [-0.2, 0) is 11.2 Å². The van der Waals surface area contributed by atoms with Gasteiger partial charge < -0.3 is 25.1 Å². The number of benzene rings is 1. The molecule has 0 saturated heterocycles. The SMILES string of the molecule is COc1cc(Br)c(CC(N)C(=O)O)c(OC)c1OC. The molecular weight excluding hydrogens is 318 g/mol. The number of aliphatic carboxylic acids is 1. The quantitative estimate of drug-likeness (QED) is 0.818. The molecule has 0 aliphatic heterocycles. The molecule has 1 rings (SSSR count). The number of halogens is 1. The Morgan fingerprint density at radius 2 is 1.89 bits per heavy atom. The van der Waals surface area contributed by atoms with E-state index in [9.17, 15) is 4.79 Å². The fraction of sp³-hybridized carbons (Fsp3) is 0.417. The maximum Gasteiger partial charge on any atom is 0.320 e. The van der Waals surface area contributed by atoms with Gasteiger partial charge in [-0.3, -0.25) is 4.79 Å². The Balaban J connectivity index is 3.34. The molecule has 0 aliphatic carbocycles. The first kappa shape index (κ1) is 15.6. The molecule has 0 bridgehead atoms. The van der Waals surface area contributed by atoms with Gasteiger partial charge in [0, 0.05) is 16.5 Å². The summed E-state index contributed by atoms with van der Waals surface area (Å²) < 4.78 is 16.4. The van der Waals surface area contributed by atoms with E-state index in [2.05, 4.69) is 15.9 Å². The summed E-state index contributed by atoms with van der Waals surface area (Å²) in [4.78, 5) is 10.9. The van der Waals surface area contributed by atoms with Crippen LogP contribution >= 0.6 is 15.9 Å². The van der Waals surface area contributed by atoms with E-state index in [-0.39, 0.29) is 6.42 Å². The van der Waals surface area contributed by atoms with Crippen LogP contribution in [-0.4, -0.2) is 38.4 Å². The summed E-state index contributed by atoms with van der Waals surface area (Å²) in [5.41, 5.74) is 6.18. The molecule has 0 amide bonds. The highest BCUT2D eigenvalue weighted by molar-refractivity contribution is 9.10. The van der Waals surface area contributed by atoms with Crippen LogP contribution in [0.4, 0.5) is 0 Å². The summed E-state index contributed by atoms with van der Waals surface area (Å²) in [7, 11) is 4.46. The highest BCUT2D eigenvalue weighted by atomic mass is 79.9. The van der Waals surface area contributed by atoms with Gasteiger partial charge in [-0.05, 0) is 6.07 Å². The average Bonchev–Trinajstić information content (AvgIpc) is 2.39. The summed E-state index contributed by atoms with van der Waals surface area (Å²) in [6.45, 7) is 0. The van der Waals surface area contributed by atoms with Gasteiger partial charge in [-0.2, -0.15) is 0 Å². The van der Waals surface area contributed by atoms with Crippen LogP contribution in [0.5, 0.6) is 17.2 Å². The first-order chi connectivity index (χ1) is 8.96. The lowest BCUT2D eigenvalue weighted by Gasteiger charge is -2.18. The number of nitrogens with two attached hydrogens (primary N) is 1. The molecule has 1 atom stereocenters. The minimum atomic E-state index is -1.08. The van der Waals surface area contributed by atoms with Crippen molar-refractivity contribution in [1.29, 1.82) is 0 Å². The zero-order chi connectivity index (χ0) is 14.6. The van der Waals surface area contributed by atoms with Crippen LogP contribution in [0.25, 0.3) is 0 Å². The van der Waals surface area contributed by atoms with Crippen molar-refractivity contribution in [2.75, 3.05) is 21.3 Å². The van der Waals surface area contributed by atoms with E-state index in [0.717, 1.165) is 0 Å². The zero-order valence-corrected chi connectivity index (χ0v) is 12.5. The van der Waals surface area contributed by atoms with Crippen LogP contribution in [0.2, 0.25) is 0 Å². The van der Waals surface area contributed by atoms with Gasteiger partial charge in [-0.15, -0.1) is 0 Å². The molecule has 106 valence electrons. The summed E-state index contributed by atoms with van der Waals surface area (Å²) >= 11 is 3.36. The van der Waals surface area contributed by atoms with Crippen molar-refractivity contribution in [1.82, 2.24) is 0 Å². The Kier molecular flexibility index (Phi) is 5.44. The maximum atomic E-state index is 10.9. The molecule has 6 nitrogen and oxygen atoms in total. The summed E-state index contributed by atoms with van der Waals surface area (Å²) in [5.74, 6) is 0.217. The van der Waals surface area contributed by atoms with E-state index in [1.54, 1.807) is 6.07 Å². The van der Waals surface area contributed by atoms with E-state index in [1.165, 1.54) is 21.3 Å². The molecular formula is C12H16BrNO5. The van der Waals surface area contributed by atoms with Gasteiger partial charge in [0.05, 0.1) is 21.3 Å². The van der Waals surface area contributed by atoms with Crippen molar-refractivity contribution in [3.8, 4) is 17.2 Å². The molecule has 0 heterocycles. The van der Waals surface area contributed by atoms with Crippen LogP contribution < -0.4 is 19.9 Å². The summed E-state index contributed by atoms with van der Waals surface area (Å²) in [6, 6.07) is 0.661. The molecule has 0 aromatic heterocycles. The molecule has 0 saturated carbocycles. The van der Waals surface area contributed by atoms with Crippen LogP contribution in [0, 0.1) is 0 Å². The number of ether oxygens (including phenoxy) is 3. The monoisotopic (exact) mass is 333 g/mol. The predicted molar refractivity (Wildman–Crippen MR) is 73.1 cm³/mol. The van der Waals surface area contributed by atoms with E-state index in [0.29, 0.717) is 27.3 Å². The molecule has 0 aliphatic rings. The Labute approximate surface area is 119 Å². The van der Waals surface area contributed by atoms with Gasteiger partial charge >= 0.3 is 5.97 Å². The third-order valence-corrected chi connectivity index (χ3v) is 3.33. The fourth-order valence-electron chi connectivity index (χ4n) is 1.68. The zero-order valence-electron chi connectivity index (χ0n) is 10.9. The Morgan fingerprint density at radius 1 is 1.32 bits per heavy atom. The van der Waals surface area contributed by atoms with Crippen molar-refractivity contribution >= 4 is 21.9 Å². The molecule has 1 aromatic carbocycles. The Hall–Kier alpha value is -1.47.